The lowest BCUT2D eigenvalue weighted by molar-refractivity contribution is -0.144. The van der Waals surface area contributed by atoms with Crippen LogP contribution in [0.2, 0.25) is 10.0 Å². The number of carbonyl (C=O) groups excluding carboxylic acids is 3. The summed E-state index contributed by atoms with van der Waals surface area (Å²) in [5.41, 5.74) is 8.95. The summed E-state index contributed by atoms with van der Waals surface area (Å²) >= 11 is 12.0. The molecule has 0 heterocycles. The van der Waals surface area contributed by atoms with E-state index in [1.54, 1.807) is 6.92 Å². The van der Waals surface area contributed by atoms with E-state index in [-0.39, 0.29) is 28.8 Å². The number of amides is 2. The molecule has 0 aliphatic rings. The number of aliphatic imine (C=N–C) groups is 1. The highest BCUT2D eigenvalue weighted by molar-refractivity contribution is 6.34. The van der Waals surface area contributed by atoms with E-state index in [1.165, 1.54) is 18.2 Å². The number of rotatable bonds is 9. The van der Waals surface area contributed by atoms with E-state index in [4.69, 9.17) is 39.4 Å². The quantitative estimate of drug-likeness (QED) is 0.214. The fourth-order valence-electron chi connectivity index (χ4n) is 3.04. The van der Waals surface area contributed by atoms with E-state index < -0.39 is 53.6 Å². The van der Waals surface area contributed by atoms with Gasteiger partial charge in [0.25, 0.3) is 5.91 Å². The zero-order valence-corrected chi connectivity index (χ0v) is 20.3. The molecule has 2 rings (SSSR count). The summed E-state index contributed by atoms with van der Waals surface area (Å²) in [5, 5.41) is 5.29. The second-order valence-corrected chi connectivity index (χ2v) is 8.19. The lowest BCUT2D eigenvalue weighted by Gasteiger charge is -2.19. The van der Waals surface area contributed by atoms with Gasteiger partial charge in [0.05, 0.1) is 36.9 Å². The number of esters is 1. The summed E-state index contributed by atoms with van der Waals surface area (Å²) in [6, 6.07) is 5.82. The fourth-order valence-corrected chi connectivity index (χ4v) is 3.59. The van der Waals surface area contributed by atoms with Gasteiger partial charge in [-0.3, -0.25) is 14.4 Å². The van der Waals surface area contributed by atoms with Crippen molar-refractivity contribution in [2.75, 3.05) is 13.2 Å². The first-order chi connectivity index (χ1) is 16.8. The van der Waals surface area contributed by atoms with Crippen molar-refractivity contribution in [3.05, 3.63) is 63.1 Å². The number of nitrogens with two attached hydrogens (primary N) is 2. The molecule has 0 aromatic heterocycles. The van der Waals surface area contributed by atoms with Gasteiger partial charge in [0.2, 0.25) is 5.91 Å². The largest absolute Gasteiger partial charge is 0.466 e. The minimum atomic E-state index is -4.78. The second kappa shape index (κ2) is 12.5. The Morgan fingerprint density at radius 3 is 2.25 bits per heavy atom. The van der Waals surface area contributed by atoms with Crippen molar-refractivity contribution in [1.29, 1.82) is 0 Å². The molecule has 2 aromatic carbocycles. The topological polar surface area (TPSA) is 149 Å². The molecular weight excluding hydrogens is 526 g/mol. The van der Waals surface area contributed by atoms with Crippen LogP contribution in [0.3, 0.4) is 0 Å². The molecule has 0 aliphatic heterocycles. The highest BCUT2D eigenvalue weighted by atomic mass is 35.5. The van der Waals surface area contributed by atoms with Gasteiger partial charge in [-0.25, -0.2) is 4.99 Å². The molecule has 0 saturated heterocycles. The van der Waals surface area contributed by atoms with Crippen LogP contribution in [0, 0.1) is 0 Å². The number of carbonyl (C=O) groups is 3. The maximum Gasteiger partial charge on any atom is 0.416 e. The van der Waals surface area contributed by atoms with Gasteiger partial charge in [-0.15, -0.1) is 0 Å². The molecule has 9 nitrogen and oxygen atoms in total. The molecular formula is C22H22Cl2F3N5O4. The number of guanidine groups is 1. The second-order valence-electron chi connectivity index (χ2n) is 7.32. The number of benzene rings is 2. The summed E-state index contributed by atoms with van der Waals surface area (Å²) in [7, 11) is 0. The molecule has 194 valence electrons. The van der Waals surface area contributed by atoms with E-state index in [0.717, 1.165) is 6.07 Å². The summed E-state index contributed by atoms with van der Waals surface area (Å²) in [6.45, 7) is 1.11. The molecule has 0 bridgehead atoms. The molecule has 6 N–H and O–H groups in total. The van der Waals surface area contributed by atoms with E-state index in [2.05, 4.69) is 15.6 Å². The van der Waals surface area contributed by atoms with Gasteiger partial charge in [0.1, 0.15) is 0 Å². The van der Waals surface area contributed by atoms with Gasteiger partial charge < -0.3 is 26.8 Å². The van der Waals surface area contributed by atoms with Crippen LogP contribution in [0.4, 0.5) is 18.9 Å². The average Bonchev–Trinajstić information content (AvgIpc) is 2.75. The van der Waals surface area contributed by atoms with Gasteiger partial charge in [-0.2, -0.15) is 13.2 Å². The molecule has 14 heteroatoms. The Morgan fingerprint density at radius 2 is 1.69 bits per heavy atom. The van der Waals surface area contributed by atoms with Crippen molar-refractivity contribution in [1.82, 2.24) is 10.6 Å². The van der Waals surface area contributed by atoms with Crippen molar-refractivity contribution in [3.63, 3.8) is 0 Å². The Hall–Kier alpha value is -3.51. The van der Waals surface area contributed by atoms with Crippen LogP contribution in [0.15, 0.2) is 41.4 Å². The monoisotopic (exact) mass is 547 g/mol. The summed E-state index contributed by atoms with van der Waals surface area (Å²) < 4.78 is 44.6. The number of nitrogens with one attached hydrogen (secondary N) is 2. The normalized spacial score (nSPS) is 11.8. The van der Waals surface area contributed by atoms with Crippen molar-refractivity contribution < 1.29 is 32.3 Å². The first-order valence-corrected chi connectivity index (χ1v) is 11.0. The highest BCUT2D eigenvalue weighted by Crippen LogP contribution is 2.33. The van der Waals surface area contributed by atoms with Gasteiger partial charge in [0.15, 0.2) is 5.96 Å². The first-order valence-electron chi connectivity index (χ1n) is 10.3. The van der Waals surface area contributed by atoms with E-state index in [1.807, 2.05) is 0 Å². The Morgan fingerprint density at radius 1 is 1.06 bits per heavy atom. The van der Waals surface area contributed by atoms with Gasteiger partial charge >= 0.3 is 12.1 Å². The number of ether oxygens (including phenoxy) is 1. The van der Waals surface area contributed by atoms with Crippen LogP contribution in [-0.2, 0) is 20.5 Å². The van der Waals surface area contributed by atoms with Crippen LogP contribution in [0.25, 0.3) is 0 Å². The molecule has 0 spiro atoms. The summed E-state index contributed by atoms with van der Waals surface area (Å²) in [4.78, 5) is 40.6. The van der Waals surface area contributed by atoms with E-state index in [0.29, 0.717) is 17.7 Å². The molecule has 36 heavy (non-hydrogen) atoms. The number of halogens is 5. The van der Waals surface area contributed by atoms with Crippen LogP contribution in [0.1, 0.15) is 40.9 Å². The van der Waals surface area contributed by atoms with Crippen LogP contribution in [-0.4, -0.2) is 36.9 Å². The summed E-state index contributed by atoms with van der Waals surface area (Å²) in [6.07, 6.45) is -5.04. The van der Waals surface area contributed by atoms with E-state index in [9.17, 15) is 27.6 Å². The number of nitrogens with zero attached hydrogens (tertiary/aromatic N) is 1. The number of hydrogen-bond donors (Lipinski definition) is 4. The van der Waals surface area contributed by atoms with Crippen LogP contribution >= 0.6 is 23.2 Å². The molecule has 2 amide bonds. The van der Waals surface area contributed by atoms with Gasteiger partial charge in [-0.05, 0) is 48.9 Å². The number of alkyl halides is 3. The molecule has 0 aliphatic carbocycles. The lowest BCUT2D eigenvalue weighted by Crippen LogP contribution is -2.39. The molecule has 1 atom stereocenters. The van der Waals surface area contributed by atoms with Gasteiger partial charge in [0, 0.05) is 15.6 Å². The Labute approximate surface area is 214 Å². The van der Waals surface area contributed by atoms with Crippen molar-refractivity contribution in [2.24, 2.45) is 16.5 Å². The standard InChI is InChI=1S/C22H22Cl2F3N5O4/c1-2-36-19(34)9-17(11-4-14(23)8-15(24)5-11)32-18(33)10-30-20(35)12-3-13(22(25,26)27)7-16(6-12)31-21(28)29/h3-8,17H,2,9-10H2,1H3,(H,30,35)(H,32,33)(H4,28,29,31). The lowest BCUT2D eigenvalue weighted by atomic mass is 10.0. The van der Waals surface area contributed by atoms with Gasteiger partial charge in [-0.1, -0.05) is 23.2 Å². The molecule has 2 aromatic rings. The molecule has 0 fully saturated rings. The van der Waals surface area contributed by atoms with Crippen molar-refractivity contribution >= 4 is 52.6 Å². The predicted octanol–water partition coefficient (Wildman–Crippen LogP) is 3.46. The SMILES string of the molecule is CCOC(=O)CC(NC(=O)CNC(=O)c1cc(N=C(N)N)cc(C(F)(F)F)c1)c1cc(Cl)cc(Cl)c1. The third-order valence-corrected chi connectivity index (χ3v) is 4.91. The predicted molar refractivity (Wildman–Crippen MR) is 128 cm³/mol. The van der Waals surface area contributed by atoms with Crippen molar-refractivity contribution in [2.45, 2.75) is 25.6 Å². The zero-order chi connectivity index (χ0) is 27.0. The molecule has 0 saturated carbocycles. The van der Waals surface area contributed by atoms with E-state index >= 15 is 0 Å². The molecule has 1 unspecified atom stereocenters. The zero-order valence-electron chi connectivity index (χ0n) is 18.8. The minimum absolute atomic E-state index is 0.116. The fraction of sp³-hybridized carbons (Fsp3) is 0.273. The number of hydrogen-bond acceptors (Lipinski definition) is 5. The third-order valence-electron chi connectivity index (χ3n) is 4.47. The minimum Gasteiger partial charge on any atom is -0.466 e. The highest BCUT2D eigenvalue weighted by Gasteiger charge is 2.32. The Bertz CT molecular complexity index is 1150. The third kappa shape index (κ3) is 8.93. The maximum absolute atomic E-state index is 13.2. The Kier molecular flexibility index (Phi) is 9.93. The average molecular weight is 548 g/mol. The van der Waals surface area contributed by atoms with Crippen molar-refractivity contribution in [3.8, 4) is 0 Å². The molecule has 0 radical (unpaired) electrons. The smallest absolute Gasteiger partial charge is 0.416 e. The maximum atomic E-state index is 13.2. The Balaban J connectivity index is 2.18. The van der Waals surface area contributed by atoms with Crippen LogP contribution in [0.5, 0.6) is 0 Å². The first kappa shape index (κ1) is 28.7. The summed E-state index contributed by atoms with van der Waals surface area (Å²) in [5.74, 6) is -2.85. The van der Waals surface area contributed by atoms with Crippen LogP contribution < -0.4 is 22.1 Å².